The molecule has 2 aromatic carbocycles. The van der Waals surface area contributed by atoms with E-state index >= 15 is 0 Å². The van der Waals surface area contributed by atoms with Crippen molar-refractivity contribution in [1.82, 2.24) is 0 Å². The van der Waals surface area contributed by atoms with Gasteiger partial charge in [-0.15, -0.1) is 6.54 Å². The minimum atomic E-state index is 0.309. The van der Waals surface area contributed by atoms with Crippen molar-refractivity contribution < 1.29 is 29.2 Å². The second-order valence-corrected chi connectivity index (χ2v) is 5.97. The number of rotatable bonds is 5. The molecule has 0 aliphatic carbocycles. The van der Waals surface area contributed by atoms with Gasteiger partial charge in [-0.3, -0.25) is 0 Å². The molecule has 0 heterocycles. The second-order valence-electron chi connectivity index (χ2n) is 4.64. The van der Waals surface area contributed by atoms with E-state index in [1.807, 2.05) is 13.1 Å². The number of hydrogen-bond acceptors (Lipinski definition) is 2. The summed E-state index contributed by atoms with van der Waals surface area (Å²) in [5.74, 6) is 1.07. The topological polar surface area (TPSA) is 43.6 Å². The third-order valence-corrected chi connectivity index (χ3v) is 4.49. The number of nitrogens with zero attached hydrogens (tertiary/aromatic N) is 1. The molecule has 0 saturated carbocycles. The Kier molecular flexibility index (Phi) is 9.08. The quantitative estimate of drug-likeness (QED) is 0.645. The van der Waals surface area contributed by atoms with Crippen LogP contribution < -0.4 is 15.3 Å². The number of hydrogen-bond donors (Lipinski definition) is 1. The summed E-state index contributed by atoms with van der Waals surface area (Å²) in [6.07, 6.45) is 0. The summed E-state index contributed by atoms with van der Waals surface area (Å²) >= 11 is 1.47. The Morgan fingerprint density at radius 1 is 1.18 bits per heavy atom. The molecule has 2 rings (SSSR count). The molecule has 22 heavy (non-hydrogen) atoms. The molecule has 0 aliphatic rings. The molecule has 1 atom stereocenters. The number of methoxy groups -OCH3 is 1. The van der Waals surface area contributed by atoms with E-state index in [1.54, 1.807) is 19.2 Å². The van der Waals surface area contributed by atoms with E-state index < -0.39 is 0 Å². The van der Waals surface area contributed by atoms with E-state index in [2.05, 4.69) is 39.7 Å². The Bertz CT molecular complexity index is 611. The molecule has 3 nitrogen and oxygen atoms in total. The van der Waals surface area contributed by atoms with Gasteiger partial charge in [0.15, 0.2) is 0 Å². The van der Waals surface area contributed by atoms with Gasteiger partial charge in [-0.05, 0) is 30.4 Å². The molecule has 0 radical (unpaired) electrons. The van der Waals surface area contributed by atoms with Crippen LogP contribution in [0.15, 0.2) is 36.4 Å². The predicted molar refractivity (Wildman–Crippen MR) is 92.3 cm³/mol. The van der Waals surface area contributed by atoms with Crippen LogP contribution in [-0.2, 0) is 25.9 Å². The number of aromatic hydroxyl groups is 1. The first-order valence-corrected chi connectivity index (χ1v) is 9.77. The Labute approximate surface area is 149 Å². The van der Waals surface area contributed by atoms with Gasteiger partial charge in [0.05, 0.1) is 7.11 Å². The number of phenols is 1. The summed E-state index contributed by atoms with van der Waals surface area (Å²) in [4.78, 5) is 0. The first kappa shape index (κ1) is 19.5. The van der Waals surface area contributed by atoms with Crippen molar-refractivity contribution in [1.29, 1.82) is 0 Å². The van der Waals surface area contributed by atoms with Crippen molar-refractivity contribution >= 4 is 28.5 Å². The van der Waals surface area contributed by atoms with Crippen molar-refractivity contribution in [2.45, 2.75) is 13.5 Å². The van der Waals surface area contributed by atoms with Crippen LogP contribution in [0.25, 0.3) is 5.32 Å². The van der Waals surface area contributed by atoms with E-state index in [4.69, 9.17) is 4.74 Å². The molecule has 1 unspecified atom stereocenters. The zero-order valence-corrected chi connectivity index (χ0v) is 16.2. The third kappa shape index (κ3) is 5.57. The van der Waals surface area contributed by atoms with Crippen LogP contribution in [0.4, 0.5) is 0 Å². The van der Waals surface area contributed by atoms with Gasteiger partial charge in [-0.2, -0.15) is 7.05 Å². The molecule has 0 spiro atoms. The Hall–Kier alpha value is -0.566. The molecular weight excluding hydrogens is 352 g/mol. The van der Waals surface area contributed by atoms with Crippen molar-refractivity contribution in [2.24, 2.45) is 0 Å². The summed E-state index contributed by atoms with van der Waals surface area (Å²) in [6.45, 7) is 2.78. The van der Waals surface area contributed by atoms with E-state index in [0.29, 0.717) is 20.9 Å². The number of halogens is 1. The van der Waals surface area contributed by atoms with Gasteiger partial charge < -0.3 is 15.2 Å². The molecule has 2 aromatic rings. The number of aryl methyl sites for hydroxylation is 1. The average molecular weight is 372 g/mol. The van der Waals surface area contributed by atoms with Crippen molar-refractivity contribution in [3.05, 3.63) is 52.8 Å². The maximum atomic E-state index is 10.00. The van der Waals surface area contributed by atoms with Crippen LogP contribution in [0, 0.1) is 6.92 Å². The first-order valence-electron chi connectivity index (χ1n) is 6.62. The third-order valence-electron chi connectivity index (χ3n) is 3.06. The van der Waals surface area contributed by atoms with Crippen LogP contribution >= 0.6 is 17.9 Å². The van der Waals surface area contributed by atoms with Crippen molar-refractivity contribution in [2.75, 3.05) is 14.2 Å². The molecule has 0 saturated heterocycles. The summed E-state index contributed by atoms with van der Waals surface area (Å²) in [7, 11) is 8.48. The van der Waals surface area contributed by atoms with Crippen molar-refractivity contribution in [3.63, 3.8) is 0 Å². The second kappa shape index (κ2) is 10.3. The van der Waals surface area contributed by atoms with Crippen LogP contribution in [0.3, 0.4) is 0 Å². The molecule has 1 N–H and O–H groups in total. The molecule has 0 aromatic heterocycles. The van der Waals surface area contributed by atoms with Crippen LogP contribution in [-0.4, -0.2) is 19.3 Å². The number of benzene rings is 2. The zero-order valence-electron chi connectivity index (χ0n) is 12.9. The zero-order chi connectivity index (χ0) is 16.5. The molecule has 0 amide bonds. The fourth-order valence-electron chi connectivity index (χ4n) is 2.03. The molecule has 6 heteroatoms. The van der Waals surface area contributed by atoms with Gasteiger partial charge in [0, 0.05) is 5.30 Å². The van der Waals surface area contributed by atoms with Gasteiger partial charge in [-0.1, -0.05) is 37.9 Å². The van der Waals surface area contributed by atoms with Crippen LogP contribution in [0.5, 0.6) is 11.5 Å². The average Bonchev–Trinajstić information content (AvgIpc) is 2.54. The number of ether oxygens (including phenoxy) is 1. The monoisotopic (exact) mass is 371 g/mol. The summed E-state index contributed by atoms with van der Waals surface area (Å²) in [5.41, 5.74) is 2.44. The van der Waals surface area contributed by atoms with E-state index in [9.17, 15) is 5.11 Å². The Morgan fingerprint density at radius 3 is 2.55 bits per heavy atom. The van der Waals surface area contributed by atoms with E-state index in [1.165, 1.54) is 35.8 Å². The fraction of sp³-hybridized carbons (Fsp3) is 0.250. The Balaban J connectivity index is 0.00000116. The van der Waals surface area contributed by atoms with Crippen LogP contribution in [0.1, 0.15) is 11.1 Å². The molecule has 0 aliphatic heterocycles. The SMILES string of the molecule is C[N-]Cc1cc(C)ccc1Pc1cc(OC)ccc1O.[Cl][Ti+]. The molecule has 0 bridgehead atoms. The number of phenolic OH excluding ortho intramolecular Hbond substituents is 1. The van der Waals surface area contributed by atoms with Gasteiger partial charge >= 0.3 is 28.7 Å². The normalized spacial score (nSPS) is 10.3. The summed E-state index contributed by atoms with van der Waals surface area (Å²) in [6, 6.07) is 11.7. The molecule has 116 valence electrons. The summed E-state index contributed by atoms with van der Waals surface area (Å²) < 4.78 is 5.22. The van der Waals surface area contributed by atoms with Crippen LogP contribution in [0.2, 0.25) is 0 Å². The van der Waals surface area contributed by atoms with Gasteiger partial charge in [0.1, 0.15) is 11.5 Å². The first-order chi connectivity index (χ1) is 10.6. The van der Waals surface area contributed by atoms with E-state index in [-0.39, 0.29) is 0 Å². The van der Waals surface area contributed by atoms with E-state index in [0.717, 1.165) is 11.1 Å². The Morgan fingerprint density at radius 2 is 1.91 bits per heavy atom. The fourth-order valence-corrected chi connectivity index (χ4v) is 3.23. The standard InChI is InChI=1S/C16H19NO2P.ClH.Ti/c1-11-4-7-15(12(8-11)10-17-2)20-16-9-13(19-3)5-6-14(16)18;;/h4-9,18,20H,10H2,1-3H3;1H;/q-1;;+2/p-1. The van der Waals surface area contributed by atoms with Crippen molar-refractivity contribution in [3.8, 4) is 11.5 Å². The summed E-state index contributed by atoms with van der Waals surface area (Å²) in [5, 5.41) is 16.3. The van der Waals surface area contributed by atoms with Gasteiger partial charge in [-0.25, -0.2) is 0 Å². The molecular formula is C16H19ClNO2PTi. The van der Waals surface area contributed by atoms with Gasteiger partial charge in [0.2, 0.25) is 0 Å². The minimum absolute atomic E-state index is 0.309. The molecule has 0 fully saturated rings. The predicted octanol–water partition coefficient (Wildman–Crippen LogP) is 3.53. The maximum absolute atomic E-state index is 10.00. The van der Waals surface area contributed by atoms with Gasteiger partial charge in [0.25, 0.3) is 0 Å².